The molecule has 0 amide bonds. The van der Waals surface area contributed by atoms with E-state index in [0.29, 0.717) is 5.92 Å². The van der Waals surface area contributed by atoms with Crippen molar-refractivity contribution >= 4 is 28.7 Å². The zero-order chi connectivity index (χ0) is 12.0. The van der Waals surface area contributed by atoms with Crippen LogP contribution in [0.1, 0.15) is 41.0 Å². The van der Waals surface area contributed by atoms with Gasteiger partial charge in [0.15, 0.2) is 0 Å². The van der Waals surface area contributed by atoms with Crippen molar-refractivity contribution in [2.24, 2.45) is 5.92 Å². The van der Waals surface area contributed by atoms with E-state index in [1.165, 1.54) is 0 Å². The van der Waals surface area contributed by atoms with Gasteiger partial charge in [-0.25, -0.2) is 4.79 Å². The summed E-state index contributed by atoms with van der Waals surface area (Å²) in [6.45, 7) is 9.95. The lowest BCUT2D eigenvalue weighted by atomic mass is 10.1. The Hall–Kier alpha value is 0. The van der Waals surface area contributed by atoms with E-state index in [2.05, 4.69) is 36.4 Å². The van der Waals surface area contributed by atoms with Gasteiger partial charge in [0, 0.05) is 3.92 Å². The van der Waals surface area contributed by atoms with Crippen LogP contribution in [0.3, 0.4) is 0 Å². The fourth-order valence-corrected chi connectivity index (χ4v) is 1.30. The van der Waals surface area contributed by atoms with E-state index in [4.69, 9.17) is 9.47 Å². The normalized spacial score (nSPS) is 17.0. The predicted molar refractivity (Wildman–Crippen MR) is 69.4 cm³/mol. The highest BCUT2D eigenvalue weighted by atomic mass is 127. The van der Waals surface area contributed by atoms with E-state index in [-0.39, 0.29) is 16.1 Å². The Labute approximate surface area is 106 Å². The highest BCUT2D eigenvalue weighted by molar-refractivity contribution is 14.1. The zero-order valence-corrected chi connectivity index (χ0v) is 12.3. The minimum absolute atomic E-state index is 0.0748. The fraction of sp³-hybridized carbons (Fsp3) is 0.909. The SMILES string of the molecule is CC(C)CC(C)OC(=O)OC(C)C(C)I. The van der Waals surface area contributed by atoms with Crippen LogP contribution >= 0.6 is 22.6 Å². The molecule has 3 unspecified atom stereocenters. The summed E-state index contributed by atoms with van der Waals surface area (Å²) < 4.78 is 10.5. The molecule has 0 aliphatic heterocycles. The molecule has 0 aliphatic rings. The first kappa shape index (κ1) is 15.0. The highest BCUT2D eigenvalue weighted by Gasteiger charge is 2.17. The Morgan fingerprint density at radius 2 is 1.67 bits per heavy atom. The highest BCUT2D eigenvalue weighted by Crippen LogP contribution is 2.12. The van der Waals surface area contributed by atoms with Gasteiger partial charge in [0.2, 0.25) is 0 Å². The largest absolute Gasteiger partial charge is 0.508 e. The molecule has 0 N–H and O–H groups in total. The molecule has 0 bridgehead atoms. The maximum Gasteiger partial charge on any atom is 0.508 e. The molecular formula is C11H21IO3. The standard InChI is InChI=1S/C11H21IO3/c1-7(2)6-8(3)14-11(13)15-10(5)9(4)12/h7-10H,6H2,1-5H3. The number of hydrogen-bond acceptors (Lipinski definition) is 3. The summed E-state index contributed by atoms with van der Waals surface area (Å²) in [6.07, 6.45) is 0.126. The Morgan fingerprint density at radius 3 is 2.07 bits per heavy atom. The van der Waals surface area contributed by atoms with E-state index < -0.39 is 6.16 Å². The number of alkyl halides is 1. The van der Waals surface area contributed by atoms with E-state index in [1.54, 1.807) is 0 Å². The zero-order valence-electron chi connectivity index (χ0n) is 10.1. The van der Waals surface area contributed by atoms with Gasteiger partial charge in [-0.15, -0.1) is 0 Å². The molecule has 0 saturated heterocycles. The first-order chi connectivity index (χ1) is 6.82. The lowest BCUT2D eigenvalue weighted by Crippen LogP contribution is -2.25. The molecule has 90 valence electrons. The van der Waals surface area contributed by atoms with Gasteiger partial charge in [-0.05, 0) is 33.1 Å². The first-order valence-corrected chi connectivity index (χ1v) is 6.58. The van der Waals surface area contributed by atoms with Gasteiger partial charge < -0.3 is 9.47 Å². The van der Waals surface area contributed by atoms with Crippen LogP contribution in [-0.2, 0) is 9.47 Å². The third-order valence-corrected chi connectivity index (χ3v) is 3.04. The number of carbonyl (C=O) groups excluding carboxylic acids is 1. The van der Waals surface area contributed by atoms with Gasteiger partial charge in [0.25, 0.3) is 0 Å². The molecule has 0 aromatic heterocycles. The molecule has 4 heteroatoms. The first-order valence-electron chi connectivity index (χ1n) is 5.34. The molecule has 0 aromatic rings. The number of hydrogen-bond donors (Lipinski definition) is 0. The summed E-state index contributed by atoms with van der Waals surface area (Å²) >= 11 is 2.22. The average Bonchev–Trinajstić information content (AvgIpc) is 2.00. The molecule has 0 aliphatic carbocycles. The van der Waals surface area contributed by atoms with Crippen LogP contribution in [-0.4, -0.2) is 22.3 Å². The van der Waals surface area contributed by atoms with Crippen molar-refractivity contribution in [3.63, 3.8) is 0 Å². The van der Waals surface area contributed by atoms with Gasteiger partial charge in [-0.3, -0.25) is 0 Å². The molecule has 3 nitrogen and oxygen atoms in total. The summed E-state index contributed by atoms with van der Waals surface area (Å²) in [5.41, 5.74) is 0. The van der Waals surface area contributed by atoms with Gasteiger partial charge >= 0.3 is 6.16 Å². The maximum absolute atomic E-state index is 11.3. The lowest BCUT2D eigenvalue weighted by molar-refractivity contribution is 0.00429. The lowest BCUT2D eigenvalue weighted by Gasteiger charge is -2.18. The Bertz CT molecular complexity index is 192. The van der Waals surface area contributed by atoms with Gasteiger partial charge in [-0.1, -0.05) is 36.4 Å². The monoisotopic (exact) mass is 328 g/mol. The van der Waals surface area contributed by atoms with Gasteiger partial charge in [0.05, 0.1) is 0 Å². The van der Waals surface area contributed by atoms with Gasteiger partial charge in [0.1, 0.15) is 12.2 Å². The molecule has 0 heterocycles. The summed E-state index contributed by atoms with van der Waals surface area (Å²) in [6, 6.07) is 0. The third-order valence-electron chi connectivity index (χ3n) is 2.03. The van der Waals surface area contributed by atoms with Crippen LogP contribution < -0.4 is 0 Å². The molecule has 0 saturated carbocycles. The van der Waals surface area contributed by atoms with Crippen LogP contribution in [0.2, 0.25) is 0 Å². The summed E-state index contributed by atoms with van der Waals surface area (Å²) in [7, 11) is 0. The van der Waals surface area contributed by atoms with Crippen LogP contribution in [0.4, 0.5) is 4.79 Å². The van der Waals surface area contributed by atoms with Crippen LogP contribution in [0.25, 0.3) is 0 Å². The van der Waals surface area contributed by atoms with E-state index in [0.717, 1.165) is 6.42 Å². The van der Waals surface area contributed by atoms with Crippen molar-refractivity contribution in [1.82, 2.24) is 0 Å². The van der Waals surface area contributed by atoms with Crippen molar-refractivity contribution in [2.45, 2.75) is 57.2 Å². The predicted octanol–water partition coefficient (Wildman–Crippen LogP) is 3.79. The molecule has 15 heavy (non-hydrogen) atoms. The molecule has 0 fully saturated rings. The second kappa shape index (κ2) is 7.30. The molecule has 0 aromatic carbocycles. The van der Waals surface area contributed by atoms with Crippen molar-refractivity contribution in [3.05, 3.63) is 0 Å². The molecule has 0 rings (SSSR count). The van der Waals surface area contributed by atoms with Crippen molar-refractivity contribution in [3.8, 4) is 0 Å². The number of carbonyl (C=O) groups is 1. The molecule has 3 atom stereocenters. The maximum atomic E-state index is 11.3. The van der Waals surface area contributed by atoms with Crippen LogP contribution in [0.5, 0.6) is 0 Å². The summed E-state index contributed by atoms with van der Waals surface area (Å²) in [5, 5.41) is 0. The Balaban J connectivity index is 3.83. The Kier molecular flexibility index (Phi) is 7.30. The van der Waals surface area contributed by atoms with E-state index in [1.807, 2.05) is 20.8 Å². The topological polar surface area (TPSA) is 35.5 Å². The summed E-state index contributed by atoms with van der Waals surface area (Å²) in [4.78, 5) is 11.3. The Morgan fingerprint density at radius 1 is 1.13 bits per heavy atom. The second-order valence-electron chi connectivity index (χ2n) is 4.31. The third kappa shape index (κ3) is 7.88. The fourth-order valence-electron chi connectivity index (χ4n) is 1.15. The van der Waals surface area contributed by atoms with E-state index >= 15 is 0 Å². The number of ether oxygens (including phenoxy) is 2. The molecule has 0 spiro atoms. The van der Waals surface area contributed by atoms with Crippen LogP contribution in [0.15, 0.2) is 0 Å². The number of rotatable bonds is 5. The molecule has 0 radical (unpaired) electrons. The van der Waals surface area contributed by atoms with Crippen molar-refractivity contribution in [1.29, 1.82) is 0 Å². The number of halogens is 1. The average molecular weight is 328 g/mol. The summed E-state index contributed by atoms with van der Waals surface area (Å²) in [5.74, 6) is 0.522. The smallest absolute Gasteiger partial charge is 0.431 e. The van der Waals surface area contributed by atoms with Crippen molar-refractivity contribution < 1.29 is 14.3 Å². The minimum atomic E-state index is -0.556. The van der Waals surface area contributed by atoms with Gasteiger partial charge in [-0.2, -0.15) is 0 Å². The van der Waals surface area contributed by atoms with Crippen LogP contribution in [0, 0.1) is 5.92 Å². The molecular weight excluding hydrogens is 307 g/mol. The second-order valence-corrected chi connectivity index (χ2v) is 6.27. The quantitative estimate of drug-likeness (QED) is 0.438. The van der Waals surface area contributed by atoms with Crippen molar-refractivity contribution in [2.75, 3.05) is 0 Å². The van der Waals surface area contributed by atoms with E-state index in [9.17, 15) is 4.79 Å². The minimum Gasteiger partial charge on any atom is -0.431 e.